The Morgan fingerprint density at radius 2 is 1.82 bits per heavy atom. The molecule has 7 heteroatoms. The van der Waals surface area contributed by atoms with Gasteiger partial charge in [0.1, 0.15) is 5.25 Å². The molecule has 0 saturated carbocycles. The highest BCUT2D eigenvalue weighted by Gasteiger charge is 2.30. The number of nitrogens with one attached hydrogen (secondary N) is 1. The number of carbonyl (C=O) groups excluding carboxylic acids is 1. The Labute approximate surface area is 164 Å². The van der Waals surface area contributed by atoms with Crippen LogP contribution in [0.1, 0.15) is 46.7 Å². The molecule has 146 valence electrons. The Kier molecular flexibility index (Phi) is 5.94. The molecule has 1 aromatic carbocycles. The number of nitrogens with zero attached hydrogens (tertiary/aromatic N) is 1. The van der Waals surface area contributed by atoms with Gasteiger partial charge in [0.15, 0.2) is 15.6 Å². The van der Waals surface area contributed by atoms with E-state index in [2.05, 4.69) is 10.3 Å². The largest absolute Gasteiger partial charge is 0.459 e. The fourth-order valence-electron chi connectivity index (χ4n) is 2.86. The Bertz CT molecular complexity index is 1010. The van der Waals surface area contributed by atoms with Gasteiger partial charge in [-0.2, -0.15) is 0 Å². The zero-order chi connectivity index (χ0) is 20.1. The third-order valence-electron chi connectivity index (χ3n) is 4.50. The van der Waals surface area contributed by atoms with Crippen molar-refractivity contribution in [3.8, 4) is 0 Å². The van der Waals surface area contributed by atoms with E-state index in [0.29, 0.717) is 11.5 Å². The fourth-order valence-corrected chi connectivity index (χ4v) is 4.50. The molecule has 2 heterocycles. The number of pyridine rings is 1. The maximum atomic E-state index is 13.3. The van der Waals surface area contributed by atoms with Crippen LogP contribution in [-0.4, -0.2) is 25.9 Å². The predicted molar refractivity (Wildman–Crippen MR) is 106 cm³/mol. The lowest BCUT2D eigenvalue weighted by Gasteiger charge is -2.19. The molecule has 0 aliphatic rings. The second kappa shape index (κ2) is 8.39. The van der Waals surface area contributed by atoms with Gasteiger partial charge in [0.25, 0.3) is 5.91 Å². The lowest BCUT2D eigenvalue weighted by Crippen LogP contribution is -2.31. The van der Waals surface area contributed by atoms with Crippen LogP contribution in [0.25, 0.3) is 0 Å². The molecule has 0 bridgehead atoms. The van der Waals surface area contributed by atoms with Crippen molar-refractivity contribution in [3.05, 3.63) is 84.1 Å². The normalized spacial score (nSPS) is 12.7. The van der Waals surface area contributed by atoms with Crippen molar-refractivity contribution in [1.29, 1.82) is 0 Å². The standard InChI is InChI=1S/C21H22N2O4S/c1-15(2)16-7-9-18(10-8-16)28(25,26)20(17-5-3-11-22-13-17)14-23-21(24)19-6-4-12-27-19/h3-13,15,20H,14H2,1-2H3,(H,23,24)/t20-/m1/s1. The smallest absolute Gasteiger partial charge is 0.287 e. The lowest BCUT2D eigenvalue weighted by atomic mass is 10.0. The summed E-state index contributed by atoms with van der Waals surface area (Å²) in [6.07, 6.45) is 4.47. The zero-order valence-electron chi connectivity index (χ0n) is 15.7. The minimum atomic E-state index is -3.75. The van der Waals surface area contributed by atoms with Crippen molar-refractivity contribution in [3.63, 3.8) is 0 Å². The van der Waals surface area contributed by atoms with Crippen molar-refractivity contribution >= 4 is 15.7 Å². The number of hydrogen-bond donors (Lipinski definition) is 1. The lowest BCUT2D eigenvalue weighted by molar-refractivity contribution is 0.0926. The Hall–Kier alpha value is -2.93. The molecule has 0 saturated heterocycles. The van der Waals surface area contributed by atoms with Gasteiger partial charge >= 0.3 is 0 Å². The van der Waals surface area contributed by atoms with Gasteiger partial charge in [-0.15, -0.1) is 0 Å². The number of aromatic nitrogens is 1. The molecule has 0 radical (unpaired) electrons. The van der Waals surface area contributed by atoms with Crippen molar-refractivity contribution in [2.24, 2.45) is 0 Å². The number of hydrogen-bond acceptors (Lipinski definition) is 5. The molecular formula is C21H22N2O4S. The molecule has 1 atom stereocenters. The van der Waals surface area contributed by atoms with Gasteiger partial charge in [-0.3, -0.25) is 9.78 Å². The van der Waals surface area contributed by atoms with Gasteiger partial charge < -0.3 is 9.73 Å². The third-order valence-corrected chi connectivity index (χ3v) is 6.62. The SMILES string of the molecule is CC(C)c1ccc(S(=O)(=O)[C@H](CNC(=O)c2ccco2)c2cccnc2)cc1. The summed E-state index contributed by atoms with van der Waals surface area (Å²) in [5, 5.41) is 1.68. The Morgan fingerprint density at radius 1 is 1.07 bits per heavy atom. The fraction of sp³-hybridized carbons (Fsp3) is 0.238. The van der Waals surface area contributed by atoms with Crippen LogP contribution in [0.15, 0.2) is 76.5 Å². The molecule has 3 rings (SSSR count). The van der Waals surface area contributed by atoms with Gasteiger partial charge in [0, 0.05) is 18.9 Å². The van der Waals surface area contributed by atoms with Crippen molar-refractivity contribution in [2.75, 3.05) is 6.54 Å². The highest BCUT2D eigenvalue weighted by atomic mass is 32.2. The van der Waals surface area contributed by atoms with Crippen molar-refractivity contribution in [1.82, 2.24) is 10.3 Å². The van der Waals surface area contributed by atoms with E-state index in [0.717, 1.165) is 5.56 Å². The molecule has 1 amide bonds. The summed E-state index contributed by atoms with van der Waals surface area (Å²) in [5.41, 5.74) is 1.57. The molecule has 0 fully saturated rings. The van der Waals surface area contributed by atoms with E-state index in [4.69, 9.17) is 4.42 Å². The van der Waals surface area contributed by atoms with Crippen LogP contribution in [0, 0.1) is 0 Å². The third kappa shape index (κ3) is 4.31. The van der Waals surface area contributed by atoms with E-state index in [1.54, 1.807) is 36.5 Å². The summed E-state index contributed by atoms with van der Waals surface area (Å²) in [4.78, 5) is 16.4. The van der Waals surface area contributed by atoms with E-state index in [1.165, 1.54) is 18.5 Å². The van der Waals surface area contributed by atoms with Crippen LogP contribution >= 0.6 is 0 Å². The molecule has 2 aromatic heterocycles. The van der Waals surface area contributed by atoms with Crippen LogP contribution in [-0.2, 0) is 9.84 Å². The first-order chi connectivity index (χ1) is 13.4. The first-order valence-corrected chi connectivity index (χ1v) is 10.5. The minimum absolute atomic E-state index is 0.0977. The van der Waals surface area contributed by atoms with Crippen LogP contribution in [0.2, 0.25) is 0 Å². The van der Waals surface area contributed by atoms with Crippen molar-refractivity contribution in [2.45, 2.75) is 29.9 Å². The molecule has 3 aromatic rings. The number of carbonyl (C=O) groups is 1. The van der Waals surface area contributed by atoms with Gasteiger partial charge in [-0.05, 0) is 47.4 Å². The van der Waals surface area contributed by atoms with Gasteiger partial charge in [0.05, 0.1) is 11.2 Å². The monoisotopic (exact) mass is 398 g/mol. The minimum Gasteiger partial charge on any atom is -0.459 e. The average molecular weight is 398 g/mol. The Balaban J connectivity index is 1.90. The molecular weight excluding hydrogens is 376 g/mol. The first-order valence-electron chi connectivity index (χ1n) is 8.95. The highest BCUT2D eigenvalue weighted by molar-refractivity contribution is 7.91. The molecule has 28 heavy (non-hydrogen) atoms. The number of sulfone groups is 1. The summed E-state index contributed by atoms with van der Waals surface area (Å²) in [5.74, 6) is -0.0358. The Morgan fingerprint density at radius 3 is 2.39 bits per heavy atom. The van der Waals surface area contributed by atoms with Crippen LogP contribution < -0.4 is 5.32 Å². The average Bonchev–Trinajstić information content (AvgIpc) is 3.23. The van der Waals surface area contributed by atoms with Gasteiger partial charge in [0.2, 0.25) is 0 Å². The second-order valence-corrected chi connectivity index (χ2v) is 8.86. The number of rotatable bonds is 7. The van der Waals surface area contributed by atoms with Gasteiger partial charge in [-0.1, -0.05) is 32.0 Å². The highest BCUT2D eigenvalue weighted by Crippen LogP contribution is 2.29. The number of amides is 1. The van der Waals surface area contributed by atoms with E-state index in [-0.39, 0.29) is 17.2 Å². The summed E-state index contributed by atoms with van der Waals surface area (Å²) in [6, 6.07) is 13.3. The second-order valence-electron chi connectivity index (χ2n) is 6.73. The summed E-state index contributed by atoms with van der Waals surface area (Å²) < 4.78 is 31.7. The van der Waals surface area contributed by atoms with Crippen LogP contribution in [0.4, 0.5) is 0 Å². The number of benzene rings is 1. The molecule has 1 N–H and O–H groups in total. The topological polar surface area (TPSA) is 89.3 Å². The van der Waals surface area contributed by atoms with E-state index >= 15 is 0 Å². The van der Waals surface area contributed by atoms with Crippen LogP contribution in [0.3, 0.4) is 0 Å². The predicted octanol–water partition coefficient (Wildman–Crippen LogP) is 3.74. The zero-order valence-corrected chi connectivity index (χ0v) is 16.5. The van der Waals surface area contributed by atoms with E-state index < -0.39 is 21.0 Å². The van der Waals surface area contributed by atoms with E-state index in [1.807, 2.05) is 26.0 Å². The summed E-state index contributed by atoms with van der Waals surface area (Å²) in [7, 11) is -3.75. The molecule has 0 aliphatic carbocycles. The molecule has 6 nitrogen and oxygen atoms in total. The van der Waals surface area contributed by atoms with Crippen LogP contribution in [0.5, 0.6) is 0 Å². The summed E-state index contributed by atoms with van der Waals surface area (Å²) in [6.45, 7) is 4.00. The molecule has 0 unspecified atom stereocenters. The quantitative estimate of drug-likeness (QED) is 0.655. The van der Waals surface area contributed by atoms with Gasteiger partial charge in [-0.25, -0.2) is 8.42 Å². The maximum Gasteiger partial charge on any atom is 0.287 e. The molecule has 0 spiro atoms. The maximum absolute atomic E-state index is 13.3. The first kappa shape index (κ1) is 19.8. The van der Waals surface area contributed by atoms with Crippen molar-refractivity contribution < 1.29 is 17.6 Å². The number of furan rings is 1. The van der Waals surface area contributed by atoms with E-state index in [9.17, 15) is 13.2 Å². The summed E-state index contributed by atoms with van der Waals surface area (Å²) >= 11 is 0. The molecule has 0 aliphatic heterocycles.